The van der Waals surface area contributed by atoms with Gasteiger partial charge in [0, 0.05) is 5.56 Å². The SMILES string of the molecule is COc1cc(C(=O)N/N=C(\C)c2ccco2)cc(OC)c1OC. The lowest BCUT2D eigenvalue weighted by atomic mass is 10.1. The number of hydrazone groups is 1. The van der Waals surface area contributed by atoms with Crippen LogP contribution >= 0.6 is 0 Å². The molecule has 0 bridgehead atoms. The van der Waals surface area contributed by atoms with Crippen LogP contribution in [0.25, 0.3) is 0 Å². The highest BCUT2D eigenvalue weighted by molar-refractivity contribution is 5.99. The lowest BCUT2D eigenvalue weighted by molar-refractivity contribution is 0.0954. The van der Waals surface area contributed by atoms with Gasteiger partial charge >= 0.3 is 0 Å². The van der Waals surface area contributed by atoms with Gasteiger partial charge in [-0.2, -0.15) is 5.10 Å². The van der Waals surface area contributed by atoms with Gasteiger partial charge in [0.2, 0.25) is 5.75 Å². The standard InChI is InChI=1S/C16H18N2O5/c1-10(12-6-5-7-23-12)17-18-16(19)11-8-13(20-2)15(22-4)14(9-11)21-3/h5-9H,1-4H3,(H,18,19)/b17-10+. The summed E-state index contributed by atoms with van der Waals surface area (Å²) >= 11 is 0. The number of hydrogen-bond donors (Lipinski definition) is 1. The molecule has 0 unspecified atom stereocenters. The predicted octanol–water partition coefficient (Wildman–Crippen LogP) is 2.46. The van der Waals surface area contributed by atoms with Crippen LogP contribution in [0.1, 0.15) is 23.0 Å². The van der Waals surface area contributed by atoms with Crippen LogP contribution in [0.5, 0.6) is 17.2 Å². The Morgan fingerprint density at radius 1 is 1.13 bits per heavy atom. The molecule has 1 aromatic heterocycles. The van der Waals surface area contributed by atoms with E-state index in [1.165, 1.54) is 27.6 Å². The maximum absolute atomic E-state index is 12.3. The number of ether oxygens (including phenoxy) is 3. The third-order valence-corrected chi connectivity index (χ3v) is 3.13. The summed E-state index contributed by atoms with van der Waals surface area (Å²) in [5.41, 5.74) is 3.35. The molecule has 7 heteroatoms. The number of carbonyl (C=O) groups excluding carboxylic acids is 1. The predicted molar refractivity (Wildman–Crippen MR) is 84.5 cm³/mol. The molecule has 1 heterocycles. The zero-order valence-electron chi connectivity index (χ0n) is 13.4. The van der Waals surface area contributed by atoms with E-state index in [2.05, 4.69) is 10.5 Å². The van der Waals surface area contributed by atoms with Crippen molar-refractivity contribution in [3.63, 3.8) is 0 Å². The molecular weight excluding hydrogens is 300 g/mol. The van der Waals surface area contributed by atoms with Crippen molar-refractivity contribution in [2.75, 3.05) is 21.3 Å². The van der Waals surface area contributed by atoms with Gasteiger partial charge in [-0.3, -0.25) is 4.79 Å². The first-order chi connectivity index (χ1) is 11.1. The molecule has 0 aliphatic heterocycles. The first-order valence-electron chi connectivity index (χ1n) is 6.79. The lowest BCUT2D eigenvalue weighted by Gasteiger charge is -2.13. The smallest absolute Gasteiger partial charge is 0.271 e. The number of carbonyl (C=O) groups is 1. The van der Waals surface area contributed by atoms with Crippen LogP contribution in [0.15, 0.2) is 40.0 Å². The Morgan fingerprint density at radius 3 is 2.26 bits per heavy atom. The number of amides is 1. The molecule has 0 saturated heterocycles. The van der Waals surface area contributed by atoms with Crippen LogP contribution < -0.4 is 19.6 Å². The molecule has 122 valence electrons. The van der Waals surface area contributed by atoms with E-state index >= 15 is 0 Å². The zero-order valence-corrected chi connectivity index (χ0v) is 13.4. The number of nitrogens with zero attached hydrogens (tertiary/aromatic N) is 1. The summed E-state index contributed by atoms with van der Waals surface area (Å²) in [6.07, 6.45) is 1.54. The topological polar surface area (TPSA) is 82.3 Å². The van der Waals surface area contributed by atoms with E-state index in [1.54, 1.807) is 31.2 Å². The van der Waals surface area contributed by atoms with Gasteiger partial charge < -0.3 is 18.6 Å². The fraction of sp³-hybridized carbons (Fsp3) is 0.250. The van der Waals surface area contributed by atoms with Crippen molar-refractivity contribution in [2.45, 2.75) is 6.92 Å². The van der Waals surface area contributed by atoms with Crippen LogP contribution in [-0.2, 0) is 0 Å². The highest BCUT2D eigenvalue weighted by Gasteiger charge is 2.16. The van der Waals surface area contributed by atoms with E-state index in [1.807, 2.05) is 0 Å². The molecule has 2 aromatic rings. The van der Waals surface area contributed by atoms with E-state index in [-0.39, 0.29) is 0 Å². The summed E-state index contributed by atoms with van der Waals surface area (Å²) in [6, 6.07) is 6.60. The number of benzene rings is 1. The van der Waals surface area contributed by atoms with E-state index in [4.69, 9.17) is 18.6 Å². The van der Waals surface area contributed by atoms with Gasteiger partial charge in [0.15, 0.2) is 11.5 Å². The molecule has 1 amide bonds. The van der Waals surface area contributed by atoms with Crippen LogP contribution in [-0.4, -0.2) is 32.9 Å². The second kappa shape index (κ2) is 7.35. The molecule has 0 radical (unpaired) electrons. The molecule has 1 N–H and O–H groups in total. The van der Waals surface area contributed by atoms with E-state index < -0.39 is 5.91 Å². The number of nitrogens with one attached hydrogen (secondary N) is 1. The molecule has 23 heavy (non-hydrogen) atoms. The quantitative estimate of drug-likeness (QED) is 0.653. The van der Waals surface area contributed by atoms with Crippen molar-refractivity contribution >= 4 is 11.6 Å². The minimum atomic E-state index is -0.407. The van der Waals surface area contributed by atoms with E-state index in [0.29, 0.717) is 34.3 Å². The molecule has 1 aromatic carbocycles. The zero-order chi connectivity index (χ0) is 16.8. The minimum absolute atomic E-state index is 0.329. The molecule has 0 atom stereocenters. The summed E-state index contributed by atoms with van der Waals surface area (Å²) in [5.74, 6) is 1.37. The molecular formula is C16H18N2O5. The Hall–Kier alpha value is -2.96. The van der Waals surface area contributed by atoms with Gasteiger partial charge in [-0.15, -0.1) is 0 Å². The number of rotatable bonds is 6. The molecule has 0 saturated carbocycles. The number of methoxy groups -OCH3 is 3. The van der Waals surface area contributed by atoms with Crippen molar-refractivity contribution in [2.24, 2.45) is 5.10 Å². The molecule has 0 aliphatic rings. The molecule has 7 nitrogen and oxygen atoms in total. The number of furan rings is 1. The number of hydrogen-bond acceptors (Lipinski definition) is 6. The first-order valence-corrected chi connectivity index (χ1v) is 6.79. The van der Waals surface area contributed by atoms with Gasteiger partial charge in [0.25, 0.3) is 5.91 Å². The Balaban J connectivity index is 2.24. The fourth-order valence-electron chi connectivity index (χ4n) is 1.95. The Kier molecular flexibility index (Phi) is 5.24. The van der Waals surface area contributed by atoms with Crippen molar-refractivity contribution in [3.05, 3.63) is 41.9 Å². The lowest BCUT2D eigenvalue weighted by Crippen LogP contribution is -2.19. The highest BCUT2D eigenvalue weighted by Crippen LogP contribution is 2.38. The fourth-order valence-corrected chi connectivity index (χ4v) is 1.95. The van der Waals surface area contributed by atoms with Gasteiger partial charge in [-0.05, 0) is 31.2 Å². The van der Waals surface area contributed by atoms with Crippen molar-refractivity contribution in [1.29, 1.82) is 0 Å². The van der Waals surface area contributed by atoms with Crippen LogP contribution in [0.4, 0.5) is 0 Å². The minimum Gasteiger partial charge on any atom is -0.493 e. The van der Waals surface area contributed by atoms with Gasteiger partial charge in [0.05, 0.1) is 27.6 Å². The van der Waals surface area contributed by atoms with Gasteiger partial charge in [0.1, 0.15) is 11.5 Å². The third-order valence-electron chi connectivity index (χ3n) is 3.13. The maximum atomic E-state index is 12.3. The molecule has 0 fully saturated rings. The summed E-state index contributed by atoms with van der Waals surface area (Å²) in [4.78, 5) is 12.3. The van der Waals surface area contributed by atoms with Crippen molar-refractivity contribution in [3.8, 4) is 17.2 Å². The monoisotopic (exact) mass is 318 g/mol. The normalized spacial score (nSPS) is 11.0. The van der Waals surface area contributed by atoms with Crippen LogP contribution in [0, 0.1) is 0 Å². The highest BCUT2D eigenvalue weighted by atomic mass is 16.5. The van der Waals surface area contributed by atoms with E-state index in [0.717, 1.165) is 0 Å². The Morgan fingerprint density at radius 2 is 1.78 bits per heavy atom. The summed E-state index contributed by atoms with van der Waals surface area (Å²) in [5, 5.41) is 4.01. The second-order valence-electron chi connectivity index (χ2n) is 4.53. The average Bonchev–Trinajstić information content (AvgIpc) is 3.12. The Bertz CT molecular complexity index is 682. The molecule has 2 rings (SSSR count). The van der Waals surface area contributed by atoms with Crippen molar-refractivity contribution < 1.29 is 23.4 Å². The van der Waals surface area contributed by atoms with Gasteiger partial charge in [-0.25, -0.2) is 5.43 Å². The molecule has 0 spiro atoms. The van der Waals surface area contributed by atoms with Crippen molar-refractivity contribution in [1.82, 2.24) is 5.43 Å². The largest absolute Gasteiger partial charge is 0.493 e. The summed E-state index contributed by atoms with van der Waals surface area (Å²) < 4.78 is 20.9. The van der Waals surface area contributed by atoms with Crippen LogP contribution in [0.2, 0.25) is 0 Å². The van der Waals surface area contributed by atoms with E-state index in [9.17, 15) is 4.79 Å². The summed E-state index contributed by atoms with van der Waals surface area (Å²) in [6.45, 7) is 1.73. The maximum Gasteiger partial charge on any atom is 0.271 e. The average molecular weight is 318 g/mol. The Labute approximate surface area is 133 Å². The second-order valence-corrected chi connectivity index (χ2v) is 4.53. The third kappa shape index (κ3) is 3.63. The first kappa shape index (κ1) is 16.4. The van der Waals surface area contributed by atoms with Gasteiger partial charge in [-0.1, -0.05) is 0 Å². The summed E-state index contributed by atoms with van der Waals surface area (Å²) in [7, 11) is 4.47. The van der Waals surface area contributed by atoms with Crippen LogP contribution in [0.3, 0.4) is 0 Å². The molecule has 0 aliphatic carbocycles.